The number of rotatable bonds is 11. The van der Waals surface area contributed by atoms with Gasteiger partial charge >= 0.3 is 0 Å². The van der Waals surface area contributed by atoms with Crippen LogP contribution in [0.2, 0.25) is 0 Å². The first-order valence-corrected chi connectivity index (χ1v) is 14.6. The summed E-state index contributed by atoms with van der Waals surface area (Å²) in [6, 6.07) is 7.50. The van der Waals surface area contributed by atoms with E-state index in [1.165, 1.54) is 22.3 Å². The molecule has 0 amide bonds. The summed E-state index contributed by atoms with van der Waals surface area (Å²) in [6.45, 7) is 7.62. The van der Waals surface area contributed by atoms with Gasteiger partial charge in [-0.3, -0.25) is 9.59 Å². The maximum absolute atomic E-state index is 12.4. The highest BCUT2D eigenvalue weighted by molar-refractivity contribution is 7.39. The molecule has 1 N–H and O–H groups in total. The number of hydrogen-bond donors (Lipinski definition) is 1. The van der Waals surface area contributed by atoms with Crippen LogP contribution in [0.15, 0.2) is 59.2 Å². The van der Waals surface area contributed by atoms with E-state index in [2.05, 4.69) is 19.6 Å². The van der Waals surface area contributed by atoms with Gasteiger partial charge in [0.15, 0.2) is 5.78 Å². The predicted molar refractivity (Wildman–Crippen MR) is 149 cm³/mol. The number of ketones is 1. The fourth-order valence-corrected chi connectivity index (χ4v) is 9.29. The van der Waals surface area contributed by atoms with E-state index in [1.54, 1.807) is 20.3 Å². The van der Waals surface area contributed by atoms with Gasteiger partial charge in [-0.15, -0.1) is 8.58 Å². The average Bonchev–Trinajstić information content (AvgIpc) is 3.52. The standard InChI is InChI=1S/C31H41O5P/c1-5-27-23(14-26(34)17-35-3)9-10-28-21(2)16-30(24(11-12-32)15-29(27)28)19-31(30,20-36-4)37-18-22-7-6-8-25(33)13-22/h6-8,11-13,28-29,33,37H,2,5,9-10,14-20H2,1,3-4H3. The summed E-state index contributed by atoms with van der Waals surface area (Å²) in [5.74, 6) is 1.09. The smallest absolute Gasteiger partial charge is 0.162 e. The molecule has 3 aliphatic rings. The van der Waals surface area contributed by atoms with Crippen LogP contribution in [-0.2, 0) is 25.2 Å². The van der Waals surface area contributed by atoms with Crippen molar-refractivity contribution in [2.75, 3.05) is 27.4 Å². The third-order valence-corrected chi connectivity index (χ3v) is 11.0. The molecule has 1 aromatic carbocycles. The Hall–Kier alpha value is -2.07. The largest absolute Gasteiger partial charge is 0.508 e. The molecule has 6 heteroatoms. The monoisotopic (exact) mass is 524 g/mol. The van der Waals surface area contributed by atoms with Crippen LogP contribution in [0.5, 0.6) is 5.75 Å². The van der Waals surface area contributed by atoms with Crippen molar-refractivity contribution in [3.8, 4) is 5.75 Å². The number of carbonyl (C=O) groups is 2. The highest BCUT2D eigenvalue weighted by atomic mass is 31.1. The van der Waals surface area contributed by atoms with E-state index in [1.807, 2.05) is 18.2 Å². The molecule has 5 nitrogen and oxygen atoms in total. The van der Waals surface area contributed by atoms with E-state index in [0.29, 0.717) is 33.3 Å². The molecule has 1 aromatic rings. The molecule has 0 bridgehead atoms. The van der Waals surface area contributed by atoms with Crippen LogP contribution in [0.4, 0.5) is 0 Å². The molecular formula is C31H41O5P. The minimum Gasteiger partial charge on any atom is -0.508 e. The maximum atomic E-state index is 12.4. The molecule has 0 radical (unpaired) electrons. The minimum absolute atomic E-state index is 0.0359. The van der Waals surface area contributed by atoms with E-state index < -0.39 is 0 Å². The van der Waals surface area contributed by atoms with Crippen LogP contribution >= 0.6 is 8.58 Å². The molecule has 37 heavy (non-hydrogen) atoms. The molecular weight excluding hydrogens is 483 g/mol. The first-order valence-electron chi connectivity index (χ1n) is 13.4. The van der Waals surface area contributed by atoms with Gasteiger partial charge < -0.3 is 14.6 Å². The van der Waals surface area contributed by atoms with Crippen molar-refractivity contribution >= 4 is 20.7 Å². The Balaban J connectivity index is 1.66. The lowest BCUT2D eigenvalue weighted by molar-refractivity contribution is -0.122. The molecule has 200 valence electrons. The lowest BCUT2D eigenvalue weighted by atomic mass is 9.69. The molecule has 0 saturated heterocycles. The number of allylic oxidation sites excluding steroid dienone is 5. The molecule has 0 heterocycles. The quantitative estimate of drug-likeness (QED) is 0.162. The van der Waals surface area contributed by atoms with Crippen molar-refractivity contribution in [1.82, 2.24) is 0 Å². The molecule has 1 spiro atoms. The number of fused-ring (bicyclic) bond motifs is 1. The van der Waals surface area contributed by atoms with E-state index in [4.69, 9.17) is 9.47 Å². The van der Waals surface area contributed by atoms with Crippen molar-refractivity contribution in [3.63, 3.8) is 0 Å². The molecule has 2 saturated carbocycles. The highest BCUT2D eigenvalue weighted by Gasteiger charge is 2.69. The number of carbonyl (C=O) groups excluding carboxylic acids is 2. The number of methoxy groups -OCH3 is 2. The number of hydrogen-bond acceptors (Lipinski definition) is 5. The Morgan fingerprint density at radius 2 is 2.08 bits per heavy atom. The summed E-state index contributed by atoms with van der Waals surface area (Å²) in [7, 11) is 3.95. The lowest BCUT2D eigenvalue weighted by Gasteiger charge is -2.35. The number of phenolic OH excluding ortho intramolecular Hbond substituents is 1. The second-order valence-corrected chi connectivity index (χ2v) is 12.7. The first kappa shape index (κ1) is 28.0. The summed E-state index contributed by atoms with van der Waals surface area (Å²) < 4.78 is 10.9. The van der Waals surface area contributed by atoms with Gasteiger partial charge in [0.2, 0.25) is 0 Å². The number of ether oxygens (including phenoxy) is 2. The van der Waals surface area contributed by atoms with Crippen molar-refractivity contribution in [2.24, 2.45) is 17.3 Å². The van der Waals surface area contributed by atoms with Gasteiger partial charge in [0, 0.05) is 31.2 Å². The van der Waals surface area contributed by atoms with Gasteiger partial charge in [-0.1, -0.05) is 47.9 Å². The van der Waals surface area contributed by atoms with Gasteiger partial charge in [0.05, 0.1) is 6.61 Å². The number of aromatic hydroxyl groups is 1. The summed E-state index contributed by atoms with van der Waals surface area (Å²) >= 11 is 0. The average molecular weight is 525 g/mol. The molecule has 3 aliphatic carbocycles. The van der Waals surface area contributed by atoms with Crippen LogP contribution in [0, 0.1) is 17.3 Å². The topological polar surface area (TPSA) is 72.8 Å². The molecule has 5 unspecified atom stereocenters. The Kier molecular flexibility index (Phi) is 8.89. The Bertz CT molecular complexity index is 1100. The van der Waals surface area contributed by atoms with Gasteiger partial charge in [-0.25, -0.2) is 0 Å². The minimum atomic E-state index is -0.113. The predicted octanol–water partition coefficient (Wildman–Crippen LogP) is 6.16. The third-order valence-electron chi connectivity index (χ3n) is 8.95. The van der Waals surface area contributed by atoms with Crippen LogP contribution in [0.25, 0.3) is 0 Å². The molecule has 2 fully saturated rings. The van der Waals surface area contributed by atoms with Crippen LogP contribution < -0.4 is 0 Å². The molecule has 4 rings (SSSR count). The van der Waals surface area contributed by atoms with Gasteiger partial charge in [0.1, 0.15) is 18.6 Å². The second-order valence-electron chi connectivity index (χ2n) is 11.0. The van der Waals surface area contributed by atoms with Crippen LogP contribution in [0.1, 0.15) is 57.4 Å². The second kappa shape index (κ2) is 11.8. The molecule has 5 atom stereocenters. The summed E-state index contributed by atoms with van der Waals surface area (Å²) in [5.41, 5.74) is 6.18. The fourth-order valence-electron chi connectivity index (χ4n) is 7.27. The third kappa shape index (κ3) is 5.55. The first-order chi connectivity index (χ1) is 17.8. The van der Waals surface area contributed by atoms with E-state index in [9.17, 15) is 14.7 Å². The van der Waals surface area contributed by atoms with Crippen molar-refractivity contribution in [3.05, 3.63) is 64.8 Å². The molecule has 0 aliphatic heterocycles. The fraction of sp³-hybridized carbons (Fsp3) is 0.548. The Morgan fingerprint density at radius 1 is 1.27 bits per heavy atom. The zero-order valence-electron chi connectivity index (χ0n) is 22.5. The van der Waals surface area contributed by atoms with Crippen molar-refractivity contribution < 1.29 is 24.2 Å². The maximum Gasteiger partial charge on any atom is 0.162 e. The van der Waals surface area contributed by atoms with E-state index >= 15 is 0 Å². The zero-order valence-corrected chi connectivity index (χ0v) is 23.5. The van der Waals surface area contributed by atoms with Gasteiger partial charge in [-0.2, -0.15) is 0 Å². The van der Waals surface area contributed by atoms with Crippen LogP contribution in [0.3, 0.4) is 0 Å². The zero-order chi connectivity index (χ0) is 26.6. The molecule has 0 aromatic heterocycles. The number of Topliss-reactive ketones (excluding diaryl/α,β-unsaturated/α-hetero) is 1. The Morgan fingerprint density at radius 3 is 2.76 bits per heavy atom. The summed E-state index contributed by atoms with van der Waals surface area (Å²) in [6.07, 6.45) is 9.69. The van der Waals surface area contributed by atoms with Gasteiger partial charge in [0.25, 0.3) is 0 Å². The van der Waals surface area contributed by atoms with E-state index in [0.717, 1.165) is 56.5 Å². The van der Waals surface area contributed by atoms with Gasteiger partial charge in [-0.05, 0) is 80.3 Å². The summed E-state index contributed by atoms with van der Waals surface area (Å²) in [5, 5.41) is 9.91. The number of benzene rings is 1. The SMILES string of the molecule is C=C1CC2(CC2(COC)PCc2cccc(O)c2)C(=CC=O)CC2C(CC)=C(CC(=O)COC)CCC12. The highest BCUT2D eigenvalue weighted by Crippen LogP contribution is 2.76. The summed E-state index contributed by atoms with van der Waals surface area (Å²) in [4.78, 5) is 24.4. The van der Waals surface area contributed by atoms with Crippen LogP contribution in [-0.4, -0.2) is 49.8 Å². The lowest BCUT2D eigenvalue weighted by Crippen LogP contribution is -2.25. The van der Waals surface area contributed by atoms with E-state index in [-0.39, 0.29) is 28.9 Å². The van der Waals surface area contributed by atoms with Crippen molar-refractivity contribution in [2.45, 2.75) is 63.2 Å². The van der Waals surface area contributed by atoms with Crippen molar-refractivity contribution in [1.29, 1.82) is 0 Å². The normalized spacial score (nSPS) is 30.7. The Labute approximate surface area is 223 Å². The number of phenols is 1. The number of aldehydes is 1.